The van der Waals surface area contributed by atoms with Crippen molar-refractivity contribution >= 4 is 17.5 Å². The van der Waals surface area contributed by atoms with E-state index in [1.165, 1.54) is 0 Å². The van der Waals surface area contributed by atoms with E-state index < -0.39 is 17.5 Å². The molecule has 3 nitrogen and oxygen atoms in total. The molecule has 0 saturated heterocycles. The molecule has 2 aromatic rings. The molecule has 1 unspecified atom stereocenters. The lowest BCUT2D eigenvalue weighted by Gasteiger charge is -2.18. The van der Waals surface area contributed by atoms with Gasteiger partial charge in [-0.25, -0.2) is 8.78 Å². The number of carbonyl (C=O) groups excluding carboxylic acids is 1. The van der Waals surface area contributed by atoms with Gasteiger partial charge in [0, 0.05) is 0 Å². The van der Waals surface area contributed by atoms with E-state index in [-0.39, 0.29) is 16.6 Å². The van der Waals surface area contributed by atoms with E-state index >= 15 is 0 Å². The molecule has 2 aromatic carbocycles. The lowest BCUT2D eigenvalue weighted by molar-refractivity contribution is 0.0935. The lowest BCUT2D eigenvalue weighted by Crippen LogP contribution is -2.28. The number of ether oxygens (including phenoxy) is 1. The van der Waals surface area contributed by atoms with Crippen LogP contribution in [0.3, 0.4) is 0 Å². The number of carbonyl (C=O) groups is 1. The Morgan fingerprint density at radius 2 is 1.83 bits per heavy atom. The average molecular weight is 340 g/mol. The summed E-state index contributed by atoms with van der Waals surface area (Å²) in [5.74, 6) is -2.05. The molecule has 122 valence electrons. The molecule has 6 heteroatoms. The number of rotatable bonds is 5. The summed E-state index contributed by atoms with van der Waals surface area (Å²) < 4.78 is 31.5. The number of hydrogen-bond acceptors (Lipinski definition) is 2. The number of nitrogens with one attached hydrogen (secondary N) is 1. The van der Waals surface area contributed by atoms with Gasteiger partial charge in [-0.15, -0.1) is 0 Å². The van der Waals surface area contributed by atoms with Gasteiger partial charge in [-0.2, -0.15) is 0 Å². The van der Waals surface area contributed by atoms with Crippen LogP contribution in [-0.4, -0.2) is 13.0 Å². The molecule has 1 N–H and O–H groups in total. The van der Waals surface area contributed by atoms with Crippen molar-refractivity contribution in [2.75, 3.05) is 7.11 Å². The van der Waals surface area contributed by atoms with Crippen LogP contribution in [0.4, 0.5) is 8.78 Å². The van der Waals surface area contributed by atoms with Crippen LogP contribution in [-0.2, 0) is 0 Å². The fourth-order valence-corrected chi connectivity index (χ4v) is 2.43. The normalized spacial score (nSPS) is 11.9. The van der Waals surface area contributed by atoms with Crippen molar-refractivity contribution in [3.8, 4) is 5.75 Å². The maximum atomic E-state index is 13.3. The first-order chi connectivity index (χ1) is 11.0. The van der Waals surface area contributed by atoms with Crippen LogP contribution in [0.25, 0.3) is 0 Å². The van der Waals surface area contributed by atoms with Crippen molar-refractivity contribution in [1.82, 2.24) is 5.32 Å². The van der Waals surface area contributed by atoms with E-state index in [1.807, 2.05) is 19.1 Å². The monoisotopic (exact) mass is 339 g/mol. The highest BCUT2D eigenvalue weighted by Crippen LogP contribution is 2.23. The topological polar surface area (TPSA) is 38.3 Å². The Morgan fingerprint density at radius 1 is 1.22 bits per heavy atom. The van der Waals surface area contributed by atoms with Gasteiger partial charge in [0.1, 0.15) is 5.75 Å². The summed E-state index contributed by atoms with van der Waals surface area (Å²) >= 11 is 5.82. The van der Waals surface area contributed by atoms with Crippen molar-refractivity contribution in [2.24, 2.45) is 0 Å². The Balaban J connectivity index is 2.21. The molecule has 0 aliphatic carbocycles. The van der Waals surface area contributed by atoms with Gasteiger partial charge in [-0.05, 0) is 36.2 Å². The maximum Gasteiger partial charge on any atom is 0.253 e. The minimum atomic E-state index is -1.11. The van der Waals surface area contributed by atoms with E-state index in [4.69, 9.17) is 16.3 Å². The van der Waals surface area contributed by atoms with Gasteiger partial charge in [-0.3, -0.25) is 4.79 Å². The molecule has 0 aromatic heterocycles. The summed E-state index contributed by atoms with van der Waals surface area (Å²) in [4.78, 5) is 12.3. The summed E-state index contributed by atoms with van der Waals surface area (Å²) in [7, 11) is 1.57. The van der Waals surface area contributed by atoms with Crippen molar-refractivity contribution in [3.63, 3.8) is 0 Å². The second-order valence-corrected chi connectivity index (χ2v) is 5.36. The molecule has 0 spiro atoms. The zero-order chi connectivity index (χ0) is 17.0. The van der Waals surface area contributed by atoms with Gasteiger partial charge in [0.25, 0.3) is 5.91 Å². The number of methoxy groups -OCH3 is 1. The molecule has 2 rings (SSSR count). The Bertz CT molecular complexity index is 704. The molecule has 23 heavy (non-hydrogen) atoms. The van der Waals surface area contributed by atoms with Gasteiger partial charge < -0.3 is 10.1 Å². The number of halogens is 3. The van der Waals surface area contributed by atoms with Gasteiger partial charge in [0.2, 0.25) is 0 Å². The molecule has 0 radical (unpaired) electrons. The Kier molecular flexibility index (Phi) is 5.55. The zero-order valence-corrected chi connectivity index (χ0v) is 13.5. The summed E-state index contributed by atoms with van der Waals surface area (Å²) in [6.07, 6.45) is 0.624. The van der Waals surface area contributed by atoms with Crippen LogP contribution < -0.4 is 10.1 Å². The van der Waals surface area contributed by atoms with Crippen LogP contribution in [0.2, 0.25) is 5.02 Å². The van der Waals surface area contributed by atoms with Crippen LogP contribution in [0.5, 0.6) is 5.75 Å². The SMILES string of the molecule is CCC(NC(=O)c1cc(F)c(F)cc1Cl)c1ccc(OC)cc1. The van der Waals surface area contributed by atoms with Crippen LogP contribution in [0.15, 0.2) is 36.4 Å². The van der Waals surface area contributed by atoms with Crippen LogP contribution in [0.1, 0.15) is 35.3 Å². The minimum absolute atomic E-state index is 0.0995. The Morgan fingerprint density at radius 3 is 2.39 bits per heavy atom. The third-order valence-corrected chi connectivity index (χ3v) is 3.80. The largest absolute Gasteiger partial charge is 0.497 e. The number of benzene rings is 2. The molecule has 1 atom stereocenters. The van der Waals surface area contributed by atoms with Gasteiger partial charge in [-0.1, -0.05) is 30.7 Å². The molecule has 0 heterocycles. The summed E-state index contributed by atoms with van der Waals surface area (Å²) in [6.45, 7) is 1.90. The molecule has 1 amide bonds. The van der Waals surface area contributed by atoms with Crippen molar-refractivity contribution < 1.29 is 18.3 Å². The lowest BCUT2D eigenvalue weighted by atomic mass is 10.0. The molecule has 0 aliphatic rings. The van der Waals surface area contributed by atoms with Crippen LogP contribution in [0, 0.1) is 11.6 Å². The first kappa shape index (κ1) is 17.2. The fourth-order valence-electron chi connectivity index (χ4n) is 2.19. The number of hydrogen-bond donors (Lipinski definition) is 1. The van der Waals surface area contributed by atoms with Gasteiger partial charge in [0.05, 0.1) is 23.7 Å². The predicted molar refractivity (Wildman–Crippen MR) is 84.9 cm³/mol. The molecule has 0 fully saturated rings. The van der Waals surface area contributed by atoms with Gasteiger partial charge in [0.15, 0.2) is 11.6 Å². The third-order valence-electron chi connectivity index (χ3n) is 3.49. The number of amides is 1. The van der Waals surface area contributed by atoms with Crippen molar-refractivity contribution in [2.45, 2.75) is 19.4 Å². The highest BCUT2D eigenvalue weighted by atomic mass is 35.5. The van der Waals surface area contributed by atoms with E-state index in [1.54, 1.807) is 19.2 Å². The zero-order valence-electron chi connectivity index (χ0n) is 12.7. The standard InChI is InChI=1S/C17H16ClF2NO2/c1-3-16(10-4-6-11(23-2)7-5-10)21-17(22)12-8-14(19)15(20)9-13(12)18/h4-9,16H,3H2,1-2H3,(H,21,22). The summed E-state index contributed by atoms with van der Waals surface area (Å²) in [5.41, 5.74) is 0.776. The molecule has 0 bridgehead atoms. The quantitative estimate of drug-likeness (QED) is 0.814. The van der Waals surface area contributed by atoms with Crippen LogP contribution >= 0.6 is 11.6 Å². The summed E-state index contributed by atoms with van der Waals surface area (Å²) in [5, 5.41) is 2.64. The molecular weight excluding hydrogens is 324 g/mol. The maximum absolute atomic E-state index is 13.3. The van der Waals surface area contributed by atoms with Gasteiger partial charge >= 0.3 is 0 Å². The van der Waals surface area contributed by atoms with E-state index in [2.05, 4.69) is 5.32 Å². The van der Waals surface area contributed by atoms with E-state index in [0.717, 1.165) is 17.7 Å². The predicted octanol–water partition coefficient (Wildman–Crippen LogP) is 4.51. The Labute approximate surface area is 138 Å². The minimum Gasteiger partial charge on any atom is -0.497 e. The van der Waals surface area contributed by atoms with E-state index in [9.17, 15) is 13.6 Å². The molecule has 0 saturated carbocycles. The second kappa shape index (κ2) is 7.42. The highest BCUT2D eigenvalue weighted by molar-refractivity contribution is 6.33. The molecule has 0 aliphatic heterocycles. The first-order valence-corrected chi connectivity index (χ1v) is 7.43. The third kappa shape index (κ3) is 3.99. The highest BCUT2D eigenvalue weighted by Gasteiger charge is 2.18. The van der Waals surface area contributed by atoms with Crippen molar-refractivity contribution in [1.29, 1.82) is 0 Å². The first-order valence-electron chi connectivity index (χ1n) is 7.05. The second-order valence-electron chi connectivity index (χ2n) is 4.95. The smallest absolute Gasteiger partial charge is 0.253 e. The summed E-state index contributed by atoms with van der Waals surface area (Å²) in [6, 6.07) is 8.55. The van der Waals surface area contributed by atoms with Crippen molar-refractivity contribution in [3.05, 3.63) is 64.2 Å². The average Bonchev–Trinajstić information content (AvgIpc) is 2.56. The fraction of sp³-hybridized carbons (Fsp3) is 0.235. The molecular formula is C17H16ClF2NO2. The van der Waals surface area contributed by atoms with E-state index in [0.29, 0.717) is 12.2 Å². The Hall–Kier alpha value is -2.14.